The van der Waals surface area contributed by atoms with Gasteiger partial charge in [-0.1, -0.05) is 60.7 Å². The third-order valence-corrected chi connectivity index (χ3v) is 2.96. The Bertz CT molecular complexity index is 401. The molecule has 0 fully saturated rings. The molecule has 2 nitrogen and oxygen atoms in total. The van der Waals surface area contributed by atoms with Crippen LogP contribution in [0.25, 0.3) is 0 Å². The summed E-state index contributed by atoms with van der Waals surface area (Å²) in [7, 11) is 0. The van der Waals surface area contributed by atoms with Gasteiger partial charge in [-0.3, -0.25) is 0 Å². The lowest BCUT2D eigenvalue weighted by molar-refractivity contribution is 0.256. The summed E-state index contributed by atoms with van der Waals surface area (Å²) >= 11 is 0. The third-order valence-electron chi connectivity index (χ3n) is 2.96. The van der Waals surface area contributed by atoms with Gasteiger partial charge in [-0.2, -0.15) is 0 Å². The topological polar surface area (TPSA) is 46.2 Å². The third kappa shape index (κ3) is 2.73. The normalized spacial score (nSPS) is 12.6. The fourth-order valence-electron chi connectivity index (χ4n) is 2.11. The smallest absolute Gasteiger partial charge is 0.0591 e. The van der Waals surface area contributed by atoms with E-state index in [2.05, 4.69) is 0 Å². The van der Waals surface area contributed by atoms with Crippen molar-refractivity contribution < 1.29 is 5.11 Å². The number of aliphatic hydroxyl groups is 1. The van der Waals surface area contributed by atoms with Gasteiger partial charge >= 0.3 is 0 Å². The summed E-state index contributed by atoms with van der Waals surface area (Å²) in [5.41, 5.74) is 8.31. The van der Waals surface area contributed by atoms with Crippen molar-refractivity contribution in [3.8, 4) is 0 Å². The zero-order valence-corrected chi connectivity index (χ0v) is 9.66. The first-order chi connectivity index (χ1) is 8.33. The van der Waals surface area contributed by atoms with Crippen LogP contribution in [0.4, 0.5) is 0 Å². The van der Waals surface area contributed by atoms with E-state index in [-0.39, 0.29) is 18.6 Å². The van der Waals surface area contributed by atoms with Gasteiger partial charge in [0.05, 0.1) is 6.61 Å². The Kier molecular flexibility index (Phi) is 3.91. The molecule has 0 saturated heterocycles. The second-order valence-corrected chi connectivity index (χ2v) is 4.15. The molecule has 0 aliphatic rings. The Morgan fingerprint density at radius 1 is 0.824 bits per heavy atom. The molecule has 0 saturated carbocycles. The van der Waals surface area contributed by atoms with Crippen molar-refractivity contribution in [3.05, 3.63) is 71.8 Å². The molecule has 2 aromatic rings. The number of benzene rings is 2. The molecule has 2 rings (SSSR count). The molecule has 1 atom stereocenters. The molecule has 0 bridgehead atoms. The van der Waals surface area contributed by atoms with Crippen LogP contribution in [-0.2, 0) is 0 Å². The standard InChI is InChI=1S/C15H17NO/c16-14(11-17)15(12-7-3-1-4-8-12)13-9-5-2-6-10-13/h1-10,14-15,17H,11,16H2/t14-/m1/s1. The summed E-state index contributed by atoms with van der Waals surface area (Å²) in [4.78, 5) is 0. The SMILES string of the molecule is N[C@H](CO)C(c1ccccc1)c1ccccc1. The van der Waals surface area contributed by atoms with E-state index in [0.717, 1.165) is 11.1 Å². The summed E-state index contributed by atoms with van der Waals surface area (Å²) in [6.45, 7) is -0.0194. The van der Waals surface area contributed by atoms with Crippen LogP contribution in [0, 0.1) is 0 Å². The largest absolute Gasteiger partial charge is 0.395 e. The predicted octanol–water partition coefficient (Wildman–Crippen LogP) is 2.14. The molecule has 2 aromatic carbocycles. The van der Waals surface area contributed by atoms with Gasteiger partial charge in [0.2, 0.25) is 0 Å². The van der Waals surface area contributed by atoms with Crippen molar-refractivity contribution in [1.29, 1.82) is 0 Å². The molecule has 3 N–H and O–H groups in total. The first-order valence-electron chi connectivity index (χ1n) is 5.79. The Labute approximate surface area is 102 Å². The van der Waals surface area contributed by atoms with Gasteiger partial charge in [-0.05, 0) is 11.1 Å². The molecule has 0 radical (unpaired) electrons. The number of aliphatic hydroxyl groups excluding tert-OH is 1. The number of hydrogen-bond acceptors (Lipinski definition) is 2. The molecule has 0 aliphatic heterocycles. The van der Waals surface area contributed by atoms with Crippen molar-refractivity contribution in [2.75, 3.05) is 6.61 Å². The van der Waals surface area contributed by atoms with Crippen molar-refractivity contribution in [1.82, 2.24) is 0 Å². The highest BCUT2D eigenvalue weighted by Gasteiger charge is 2.20. The number of nitrogens with two attached hydrogens (primary N) is 1. The molecule has 0 aliphatic carbocycles. The summed E-state index contributed by atoms with van der Waals surface area (Å²) < 4.78 is 0. The van der Waals surface area contributed by atoms with Gasteiger partial charge in [0.25, 0.3) is 0 Å². The van der Waals surface area contributed by atoms with E-state index in [9.17, 15) is 5.11 Å². The number of rotatable bonds is 4. The zero-order valence-electron chi connectivity index (χ0n) is 9.66. The summed E-state index contributed by atoms with van der Waals surface area (Å²) in [6.07, 6.45) is 0. The Morgan fingerprint density at radius 2 is 1.24 bits per heavy atom. The summed E-state index contributed by atoms with van der Waals surface area (Å²) in [5.74, 6) is 0.0439. The van der Waals surface area contributed by atoms with Gasteiger partial charge in [0, 0.05) is 12.0 Å². The van der Waals surface area contributed by atoms with Gasteiger partial charge in [-0.25, -0.2) is 0 Å². The molecule has 0 heterocycles. The fourth-order valence-corrected chi connectivity index (χ4v) is 2.11. The van der Waals surface area contributed by atoms with E-state index in [4.69, 9.17) is 5.73 Å². The molecule has 0 spiro atoms. The lowest BCUT2D eigenvalue weighted by Gasteiger charge is -2.23. The fraction of sp³-hybridized carbons (Fsp3) is 0.200. The van der Waals surface area contributed by atoms with E-state index in [1.54, 1.807) is 0 Å². The molecular weight excluding hydrogens is 210 g/mol. The summed E-state index contributed by atoms with van der Waals surface area (Å²) in [6, 6.07) is 19.9. The highest BCUT2D eigenvalue weighted by atomic mass is 16.3. The highest BCUT2D eigenvalue weighted by molar-refractivity contribution is 5.34. The van der Waals surface area contributed by atoms with Crippen LogP contribution in [0.5, 0.6) is 0 Å². The molecule has 88 valence electrons. The minimum absolute atomic E-state index is 0.0194. The quantitative estimate of drug-likeness (QED) is 0.840. The van der Waals surface area contributed by atoms with Gasteiger partial charge in [-0.15, -0.1) is 0 Å². The first-order valence-corrected chi connectivity index (χ1v) is 5.79. The second kappa shape index (κ2) is 5.62. The molecule has 0 amide bonds. The van der Waals surface area contributed by atoms with Crippen molar-refractivity contribution in [3.63, 3.8) is 0 Å². The van der Waals surface area contributed by atoms with Crippen LogP contribution in [0.2, 0.25) is 0 Å². The van der Waals surface area contributed by atoms with E-state index in [0.29, 0.717) is 0 Å². The van der Waals surface area contributed by atoms with E-state index in [1.807, 2.05) is 60.7 Å². The monoisotopic (exact) mass is 227 g/mol. The maximum Gasteiger partial charge on any atom is 0.0591 e. The van der Waals surface area contributed by atoms with Crippen molar-refractivity contribution >= 4 is 0 Å². The maximum atomic E-state index is 9.30. The molecule has 0 aromatic heterocycles. The zero-order chi connectivity index (χ0) is 12.1. The van der Waals surface area contributed by atoms with Crippen LogP contribution in [0.15, 0.2) is 60.7 Å². The van der Waals surface area contributed by atoms with Crippen LogP contribution < -0.4 is 5.73 Å². The average molecular weight is 227 g/mol. The average Bonchev–Trinajstić information content (AvgIpc) is 2.41. The lowest BCUT2D eigenvalue weighted by Crippen LogP contribution is -2.32. The van der Waals surface area contributed by atoms with E-state index in [1.165, 1.54) is 0 Å². The Morgan fingerprint density at radius 3 is 1.59 bits per heavy atom. The molecule has 17 heavy (non-hydrogen) atoms. The predicted molar refractivity (Wildman–Crippen MR) is 69.8 cm³/mol. The number of hydrogen-bond donors (Lipinski definition) is 2. The van der Waals surface area contributed by atoms with Gasteiger partial charge in [0.1, 0.15) is 0 Å². The van der Waals surface area contributed by atoms with Crippen molar-refractivity contribution in [2.45, 2.75) is 12.0 Å². The maximum absolute atomic E-state index is 9.30. The minimum atomic E-state index is -0.278. The first kappa shape index (κ1) is 11.8. The van der Waals surface area contributed by atoms with Crippen molar-refractivity contribution in [2.24, 2.45) is 5.73 Å². The van der Waals surface area contributed by atoms with Crippen LogP contribution in [0.1, 0.15) is 17.0 Å². The van der Waals surface area contributed by atoms with Crippen LogP contribution >= 0.6 is 0 Å². The summed E-state index contributed by atoms with van der Waals surface area (Å²) in [5, 5.41) is 9.30. The molecule has 0 unspecified atom stereocenters. The van der Waals surface area contributed by atoms with Gasteiger partial charge in [0.15, 0.2) is 0 Å². The van der Waals surface area contributed by atoms with Crippen LogP contribution in [0.3, 0.4) is 0 Å². The van der Waals surface area contributed by atoms with E-state index >= 15 is 0 Å². The van der Waals surface area contributed by atoms with Crippen LogP contribution in [-0.4, -0.2) is 17.8 Å². The highest BCUT2D eigenvalue weighted by Crippen LogP contribution is 2.26. The molecular formula is C15H17NO. The lowest BCUT2D eigenvalue weighted by atomic mass is 9.86. The van der Waals surface area contributed by atoms with Gasteiger partial charge < -0.3 is 10.8 Å². The van der Waals surface area contributed by atoms with E-state index < -0.39 is 0 Å². The molecule has 2 heteroatoms. The second-order valence-electron chi connectivity index (χ2n) is 4.15. The Hall–Kier alpha value is -1.64. The minimum Gasteiger partial charge on any atom is -0.395 e. The Balaban J connectivity index is 2.39.